The Morgan fingerprint density at radius 1 is 1.12 bits per heavy atom. The number of hydrogen-bond acceptors (Lipinski definition) is 4. The standard InChI is InChI=1S/C20H22N4O/c1-13-3-5-15(6-4-13)16-7-10-21-18-17(16)19(25)23-20(22-18)24-11-8-14(2)9-12-24/h3-7,10,14H,8-9,11-12H2,1-2H3,(H,21,22,23,25). The van der Waals surface area contributed by atoms with Gasteiger partial charge in [0, 0.05) is 19.3 Å². The Kier molecular flexibility index (Phi) is 3.99. The zero-order valence-electron chi connectivity index (χ0n) is 14.6. The van der Waals surface area contributed by atoms with Crippen LogP contribution in [0.1, 0.15) is 25.3 Å². The van der Waals surface area contributed by atoms with Gasteiger partial charge in [0.25, 0.3) is 5.56 Å². The number of aryl methyl sites for hydroxylation is 1. The van der Waals surface area contributed by atoms with E-state index in [0.29, 0.717) is 17.0 Å². The van der Waals surface area contributed by atoms with E-state index in [-0.39, 0.29) is 5.56 Å². The normalized spacial score (nSPS) is 15.7. The van der Waals surface area contributed by atoms with Crippen LogP contribution >= 0.6 is 0 Å². The van der Waals surface area contributed by atoms with Crippen molar-refractivity contribution in [3.63, 3.8) is 0 Å². The summed E-state index contributed by atoms with van der Waals surface area (Å²) in [5.41, 5.74) is 3.45. The highest BCUT2D eigenvalue weighted by Gasteiger charge is 2.19. The number of rotatable bonds is 2. The SMILES string of the molecule is Cc1ccc(-c2ccnc3nc(N4CCC(C)CC4)[nH]c(=O)c23)cc1. The number of aromatic amines is 1. The van der Waals surface area contributed by atoms with Crippen LogP contribution in [-0.2, 0) is 0 Å². The van der Waals surface area contributed by atoms with Crippen LogP contribution < -0.4 is 10.5 Å². The Hall–Kier alpha value is -2.69. The first kappa shape index (κ1) is 15.8. The average Bonchev–Trinajstić information content (AvgIpc) is 2.62. The zero-order chi connectivity index (χ0) is 17.4. The third-order valence-corrected chi connectivity index (χ3v) is 5.04. The van der Waals surface area contributed by atoms with Crippen LogP contribution in [0.15, 0.2) is 41.3 Å². The number of nitrogens with zero attached hydrogens (tertiary/aromatic N) is 3. The number of nitrogens with one attached hydrogen (secondary N) is 1. The molecule has 3 heterocycles. The molecule has 1 saturated heterocycles. The van der Waals surface area contributed by atoms with Gasteiger partial charge in [-0.05, 0) is 42.9 Å². The second-order valence-corrected chi connectivity index (χ2v) is 6.98. The fourth-order valence-electron chi connectivity index (χ4n) is 3.40. The van der Waals surface area contributed by atoms with Gasteiger partial charge in [-0.3, -0.25) is 9.78 Å². The fourth-order valence-corrected chi connectivity index (χ4v) is 3.40. The van der Waals surface area contributed by atoms with Crippen LogP contribution in [0.25, 0.3) is 22.2 Å². The molecule has 0 amide bonds. The second-order valence-electron chi connectivity index (χ2n) is 6.98. The summed E-state index contributed by atoms with van der Waals surface area (Å²) in [6.07, 6.45) is 3.98. The van der Waals surface area contributed by atoms with Gasteiger partial charge in [0.1, 0.15) is 0 Å². The van der Waals surface area contributed by atoms with Crippen molar-refractivity contribution >= 4 is 17.0 Å². The molecule has 1 aliphatic rings. The van der Waals surface area contributed by atoms with Crippen molar-refractivity contribution in [2.45, 2.75) is 26.7 Å². The molecule has 0 bridgehead atoms. The van der Waals surface area contributed by atoms with Gasteiger partial charge in [-0.2, -0.15) is 4.98 Å². The average molecular weight is 334 g/mol. The van der Waals surface area contributed by atoms with E-state index in [4.69, 9.17) is 0 Å². The molecule has 5 heteroatoms. The Morgan fingerprint density at radius 3 is 2.56 bits per heavy atom. The topological polar surface area (TPSA) is 61.9 Å². The molecule has 3 aromatic rings. The maximum absolute atomic E-state index is 12.8. The summed E-state index contributed by atoms with van der Waals surface area (Å²) >= 11 is 0. The first-order chi connectivity index (χ1) is 12.1. The molecule has 0 unspecified atom stereocenters. The van der Waals surface area contributed by atoms with Crippen molar-refractivity contribution in [3.05, 3.63) is 52.4 Å². The highest BCUT2D eigenvalue weighted by atomic mass is 16.1. The fraction of sp³-hybridized carbons (Fsp3) is 0.350. The molecule has 1 N–H and O–H groups in total. The van der Waals surface area contributed by atoms with Gasteiger partial charge in [0.05, 0.1) is 5.39 Å². The van der Waals surface area contributed by atoms with Gasteiger partial charge in [-0.15, -0.1) is 0 Å². The minimum absolute atomic E-state index is 0.123. The molecule has 2 aromatic heterocycles. The summed E-state index contributed by atoms with van der Waals surface area (Å²) in [6, 6.07) is 10.0. The number of hydrogen-bond donors (Lipinski definition) is 1. The predicted molar refractivity (Wildman–Crippen MR) is 101 cm³/mol. The lowest BCUT2D eigenvalue weighted by Crippen LogP contribution is -2.35. The first-order valence-electron chi connectivity index (χ1n) is 8.83. The maximum atomic E-state index is 12.8. The Balaban J connectivity index is 1.80. The molecule has 1 aliphatic heterocycles. The lowest BCUT2D eigenvalue weighted by atomic mass is 9.99. The number of piperidine rings is 1. The van der Waals surface area contributed by atoms with Gasteiger partial charge in [-0.1, -0.05) is 36.8 Å². The lowest BCUT2D eigenvalue weighted by Gasteiger charge is -2.30. The Morgan fingerprint density at radius 2 is 1.84 bits per heavy atom. The molecule has 0 atom stereocenters. The number of pyridine rings is 1. The van der Waals surface area contributed by atoms with E-state index in [1.54, 1.807) is 6.20 Å². The molecular formula is C20H22N4O. The summed E-state index contributed by atoms with van der Waals surface area (Å²) < 4.78 is 0. The van der Waals surface area contributed by atoms with Gasteiger partial charge < -0.3 is 4.90 Å². The smallest absolute Gasteiger partial charge is 0.262 e. The molecule has 4 rings (SSSR count). The van der Waals surface area contributed by atoms with Gasteiger partial charge >= 0.3 is 0 Å². The third-order valence-electron chi connectivity index (χ3n) is 5.04. The van der Waals surface area contributed by atoms with Crippen LogP contribution in [0.3, 0.4) is 0 Å². The van der Waals surface area contributed by atoms with E-state index < -0.39 is 0 Å². The number of H-pyrrole nitrogens is 1. The lowest BCUT2D eigenvalue weighted by molar-refractivity contribution is 0.434. The highest BCUT2D eigenvalue weighted by molar-refractivity contribution is 5.92. The van der Waals surface area contributed by atoms with E-state index in [2.05, 4.69) is 33.7 Å². The van der Waals surface area contributed by atoms with E-state index in [0.717, 1.165) is 43.0 Å². The van der Waals surface area contributed by atoms with Crippen LogP contribution in [0, 0.1) is 12.8 Å². The van der Waals surface area contributed by atoms with Crippen molar-refractivity contribution < 1.29 is 0 Å². The molecule has 25 heavy (non-hydrogen) atoms. The number of anilines is 1. The number of aromatic nitrogens is 3. The van der Waals surface area contributed by atoms with Crippen LogP contribution in [0.5, 0.6) is 0 Å². The molecule has 0 aliphatic carbocycles. The largest absolute Gasteiger partial charge is 0.342 e. The van der Waals surface area contributed by atoms with Crippen molar-refractivity contribution in [1.29, 1.82) is 0 Å². The van der Waals surface area contributed by atoms with E-state index >= 15 is 0 Å². The summed E-state index contributed by atoms with van der Waals surface area (Å²) in [4.78, 5) is 26.9. The molecule has 0 saturated carbocycles. The molecule has 1 fully saturated rings. The first-order valence-corrected chi connectivity index (χ1v) is 8.83. The van der Waals surface area contributed by atoms with Crippen molar-refractivity contribution in [1.82, 2.24) is 15.0 Å². The quantitative estimate of drug-likeness (QED) is 0.779. The van der Waals surface area contributed by atoms with Gasteiger partial charge in [0.2, 0.25) is 5.95 Å². The van der Waals surface area contributed by atoms with Crippen LogP contribution in [0.4, 0.5) is 5.95 Å². The predicted octanol–water partition coefficient (Wildman–Crippen LogP) is 3.53. The van der Waals surface area contributed by atoms with Gasteiger partial charge in [-0.25, -0.2) is 4.98 Å². The number of benzene rings is 1. The summed E-state index contributed by atoms with van der Waals surface area (Å²) in [7, 11) is 0. The van der Waals surface area contributed by atoms with Crippen LogP contribution in [-0.4, -0.2) is 28.0 Å². The second kappa shape index (κ2) is 6.31. The maximum Gasteiger partial charge on any atom is 0.262 e. The Labute approximate surface area is 146 Å². The molecule has 128 valence electrons. The molecule has 0 spiro atoms. The highest BCUT2D eigenvalue weighted by Crippen LogP contribution is 2.26. The van der Waals surface area contributed by atoms with Crippen molar-refractivity contribution in [2.24, 2.45) is 5.92 Å². The van der Waals surface area contributed by atoms with Crippen molar-refractivity contribution in [2.75, 3.05) is 18.0 Å². The molecule has 5 nitrogen and oxygen atoms in total. The van der Waals surface area contributed by atoms with Gasteiger partial charge in [0.15, 0.2) is 5.65 Å². The number of fused-ring (bicyclic) bond motifs is 1. The third kappa shape index (κ3) is 3.02. The summed E-state index contributed by atoms with van der Waals surface area (Å²) in [5, 5.41) is 0.556. The molecule has 0 radical (unpaired) electrons. The van der Waals surface area contributed by atoms with E-state index in [1.165, 1.54) is 5.56 Å². The zero-order valence-corrected chi connectivity index (χ0v) is 14.6. The summed E-state index contributed by atoms with van der Waals surface area (Å²) in [5.74, 6) is 1.37. The van der Waals surface area contributed by atoms with Crippen molar-refractivity contribution in [3.8, 4) is 11.1 Å². The van der Waals surface area contributed by atoms with Crippen LogP contribution in [0.2, 0.25) is 0 Å². The minimum Gasteiger partial charge on any atom is -0.342 e. The molecule has 1 aromatic carbocycles. The van der Waals surface area contributed by atoms with E-state index in [9.17, 15) is 4.79 Å². The minimum atomic E-state index is -0.123. The Bertz CT molecular complexity index is 954. The summed E-state index contributed by atoms with van der Waals surface area (Å²) in [6.45, 7) is 6.17. The monoisotopic (exact) mass is 334 g/mol. The molecular weight excluding hydrogens is 312 g/mol. The van der Waals surface area contributed by atoms with E-state index in [1.807, 2.05) is 30.3 Å².